The third-order valence-corrected chi connectivity index (χ3v) is 11.4. The zero-order valence-corrected chi connectivity index (χ0v) is 31.5. The van der Waals surface area contributed by atoms with Crippen LogP contribution in [0.4, 0.5) is 5.69 Å². The Bertz CT molecular complexity index is 1950. The molecule has 51 heavy (non-hydrogen) atoms. The molecular formula is C39H43Cl2N3O6S. The van der Waals surface area contributed by atoms with E-state index in [4.69, 9.17) is 32.7 Å². The Morgan fingerprint density at radius 1 is 0.863 bits per heavy atom. The average Bonchev–Trinajstić information content (AvgIpc) is 3.62. The van der Waals surface area contributed by atoms with Gasteiger partial charge in [0.15, 0.2) is 11.5 Å². The fraction of sp³-hybridized carbons (Fsp3) is 0.333. The summed E-state index contributed by atoms with van der Waals surface area (Å²) in [5.41, 5.74) is 3.32. The highest BCUT2D eigenvalue weighted by Gasteiger charge is 2.36. The number of benzene rings is 4. The maximum absolute atomic E-state index is 14.9. The standard InChI is InChI=1S/C39H43Cl2N3O6S/c1-26-18-27(2)20-32(19-26)44(51(47,48)33-16-17-36(49-3)37(23-33)50-4)25-38(45)43(24-29-14-15-30(40)22-34(29)41)35(21-28-10-6-5-7-11-28)39(46)42-31-12-8-9-13-31/h5-7,10-11,14-20,22-23,31,35H,8-9,12-13,21,24-25H2,1-4H3,(H,42,46)/t35-/m1/s1. The van der Waals surface area contributed by atoms with Crippen LogP contribution in [0.15, 0.2) is 89.8 Å². The summed E-state index contributed by atoms with van der Waals surface area (Å²) >= 11 is 12.9. The van der Waals surface area contributed by atoms with Crippen LogP contribution in [-0.4, -0.2) is 58.0 Å². The van der Waals surface area contributed by atoms with Crippen molar-refractivity contribution in [3.8, 4) is 11.5 Å². The van der Waals surface area contributed by atoms with Gasteiger partial charge in [-0.15, -0.1) is 0 Å². The van der Waals surface area contributed by atoms with Gasteiger partial charge in [-0.2, -0.15) is 0 Å². The first-order valence-electron chi connectivity index (χ1n) is 16.8. The molecule has 1 saturated carbocycles. The van der Waals surface area contributed by atoms with E-state index in [2.05, 4.69) is 5.32 Å². The summed E-state index contributed by atoms with van der Waals surface area (Å²) in [5.74, 6) is -0.332. The Kier molecular flexibility index (Phi) is 12.5. The zero-order valence-electron chi connectivity index (χ0n) is 29.2. The third-order valence-electron chi connectivity index (χ3n) is 9.04. The van der Waals surface area contributed by atoms with Gasteiger partial charge >= 0.3 is 0 Å². The summed E-state index contributed by atoms with van der Waals surface area (Å²) in [6.07, 6.45) is 3.92. The van der Waals surface area contributed by atoms with Crippen molar-refractivity contribution in [1.82, 2.24) is 10.2 Å². The van der Waals surface area contributed by atoms with Crippen LogP contribution in [-0.2, 0) is 32.6 Å². The quantitative estimate of drug-likeness (QED) is 0.143. The molecule has 5 rings (SSSR count). The number of aryl methyl sites for hydroxylation is 2. The van der Waals surface area contributed by atoms with Crippen LogP contribution >= 0.6 is 23.2 Å². The van der Waals surface area contributed by atoms with E-state index in [1.807, 2.05) is 50.2 Å². The molecule has 0 spiro atoms. The van der Waals surface area contributed by atoms with E-state index in [9.17, 15) is 18.0 Å². The van der Waals surface area contributed by atoms with Gasteiger partial charge in [-0.25, -0.2) is 8.42 Å². The van der Waals surface area contributed by atoms with Crippen molar-refractivity contribution in [2.45, 2.75) is 69.5 Å². The van der Waals surface area contributed by atoms with Gasteiger partial charge in [0.2, 0.25) is 11.8 Å². The number of nitrogens with zero attached hydrogens (tertiary/aromatic N) is 2. The van der Waals surface area contributed by atoms with E-state index < -0.39 is 28.5 Å². The van der Waals surface area contributed by atoms with Crippen LogP contribution in [0.3, 0.4) is 0 Å². The SMILES string of the molecule is COc1ccc(S(=O)(=O)N(CC(=O)N(Cc2ccc(Cl)cc2Cl)[C@H](Cc2ccccc2)C(=O)NC2CCCC2)c2cc(C)cc(C)c2)cc1OC. The first kappa shape index (κ1) is 38.0. The highest BCUT2D eigenvalue weighted by molar-refractivity contribution is 7.92. The Balaban J connectivity index is 1.62. The second-order valence-electron chi connectivity index (χ2n) is 12.8. The van der Waals surface area contributed by atoms with Gasteiger partial charge in [-0.3, -0.25) is 13.9 Å². The summed E-state index contributed by atoms with van der Waals surface area (Å²) in [4.78, 5) is 30.5. The molecule has 1 aliphatic carbocycles. The number of carbonyl (C=O) groups is 2. The number of halogens is 2. The number of rotatable bonds is 14. The van der Waals surface area contributed by atoms with Crippen LogP contribution in [0.1, 0.15) is 47.9 Å². The number of sulfonamides is 1. The number of anilines is 1. The fourth-order valence-corrected chi connectivity index (χ4v) is 8.36. The van der Waals surface area contributed by atoms with Crippen molar-refractivity contribution in [2.24, 2.45) is 0 Å². The van der Waals surface area contributed by atoms with Gasteiger partial charge in [-0.05, 0) is 85.3 Å². The fourth-order valence-electron chi connectivity index (χ4n) is 6.48. The average molecular weight is 753 g/mol. The molecule has 1 aliphatic rings. The molecule has 0 radical (unpaired) electrons. The van der Waals surface area contributed by atoms with Crippen molar-refractivity contribution >= 4 is 50.7 Å². The van der Waals surface area contributed by atoms with Crippen molar-refractivity contribution in [2.75, 3.05) is 25.1 Å². The number of methoxy groups -OCH3 is 2. The zero-order chi connectivity index (χ0) is 36.7. The number of nitrogens with one attached hydrogen (secondary N) is 1. The topological polar surface area (TPSA) is 105 Å². The Hall–Kier alpha value is -4.25. The van der Waals surface area contributed by atoms with E-state index in [0.29, 0.717) is 27.0 Å². The van der Waals surface area contributed by atoms with Crippen LogP contribution < -0.4 is 19.1 Å². The van der Waals surface area contributed by atoms with Crippen LogP contribution in [0.25, 0.3) is 0 Å². The van der Waals surface area contributed by atoms with Crippen molar-refractivity contribution in [3.05, 3.63) is 117 Å². The lowest BCUT2D eigenvalue weighted by atomic mass is 10.0. The molecular weight excluding hydrogens is 709 g/mol. The monoisotopic (exact) mass is 751 g/mol. The molecule has 9 nitrogen and oxygen atoms in total. The minimum absolute atomic E-state index is 0.0101. The molecule has 0 heterocycles. The molecule has 2 amide bonds. The molecule has 1 N–H and O–H groups in total. The number of ether oxygens (including phenoxy) is 2. The van der Waals surface area contributed by atoms with Crippen LogP contribution in [0, 0.1) is 13.8 Å². The highest BCUT2D eigenvalue weighted by Crippen LogP contribution is 2.33. The first-order valence-corrected chi connectivity index (χ1v) is 19.0. The molecule has 0 saturated heterocycles. The molecule has 4 aromatic rings. The summed E-state index contributed by atoms with van der Waals surface area (Å²) in [5, 5.41) is 3.92. The largest absolute Gasteiger partial charge is 0.493 e. The lowest BCUT2D eigenvalue weighted by Crippen LogP contribution is -2.54. The smallest absolute Gasteiger partial charge is 0.264 e. The minimum atomic E-state index is -4.38. The Morgan fingerprint density at radius 3 is 2.16 bits per heavy atom. The highest BCUT2D eigenvalue weighted by atomic mass is 35.5. The molecule has 0 unspecified atom stereocenters. The first-order chi connectivity index (χ1) is 24.4. The minimum Gasteiger partial charge on any atom is -0.493 e. The van der Waals surface area contributed by atoms with Gasteiger partial charge in [0.1, 0.15) is 12.6 Å². The van der Waals surface area contributed by atoms with Gasteiger partial charge < -0.3 is 19.7 Å². The lowest BCUT2D eigenvalue weighted by Gasteiger charge is -2.34. The van der Waals surface area contributed by atoms with Crippen LogP contribution in [0.2, 0.25) is 10.0 Å². The Morgan fingerprint density at radius 2 is 1.53 bits per heavy atom. The van der Waals surface area contributed by atoms with Crippen molar-refractivity contribution in [1.29, 1.82) is 0 Å². The molecule has 0 aliphatic heterocycles. The van der Waals surface area contributed by atoms with Gasteiger partial charge in [0.05, 0.1) is 24.8 Å². The normalized spacial score (nSPS) is 13.8. The molecule has 0 bridgehead atoms. The molecule has 270 valence electrons. The Labute approximate surface area is 310 Å². The van der Waals surface area contributed by atoms with E-state index in [1.54, 1.807) is 30.3 Å². The summed E-state index contributed by atoms with van der Waals surface area (Å²) in [6, 6.07) is 23.0. The van der Waals surface area contributed by atoms with Crippen molar-refractivity contribution in [3.63, 3.8) is 0 Å². The number of hydrogen-bond acceptors (Lipinski definition) is 6. The summed E-state index contributed by atoms with van der Waals surface area (Å²) in [6.45, 7) is 3.05. The van der Waals surface area contributed by atoms with E-state index in [0.717, 1.165) is 46.7 Å². The summed E-state index contributed by atoms with van der Waals surface area (Å²) in [7, 11) is -1.50. The van der Waals surface area contributed by atoms with Gasteiger partial charge in [0.25, 0.3) is 10.0 Å². The van der Waals surface area contributed by atoms with E-state index in [1.165, 1.54) is 37.3 Å². The number of hydrogen-bond donors (Lipinski definition) is 1. The van der Waals surface area contributed by atoms with E-state index >= 15 is 0 Å². The predicted octanol–water partition coefficient (Wildman–Crippen LogP) is 7.52. The predicted molar refractivity (Wildman–Crippen MR) is 201 cm³/mol. The van der Waals surface area contributed by atoms with Crippen LogP contribution in [0.5, 0.6) is 11.5 Å². The maximum Gasteiger partial charge on any atom is 0.264 e. The number of amides is 2. The molecule has 1 atom stereocenters. The molecule has 0 aromatic heterocycles. The molecule has 4 aromatic carbocycles. The molecule has 1 fully saturated rings. The van der Waals surface area contributed by atoms with Crippen molar-refractivity contribution < 1.29 is 27.5 Å². The van der Waals surface area contributed by atoms with Gasteiger partial charge in [-0.1, -0.05) is 78.5 Å². The maximum atomic E-state index is 14.9. The second kappa shape index (κ2) is 16.8. The van der Waals surface area contributed by atoms with Gasteiger partial charge in [0, 0.05) is 35.1 Å². The summed E-state index contributed by atoms with van der Waals surface area (Å²) < 4.78 is 41.0. The number of carbonyl (C=O) groups excluding carboxylic acids is 2. The third kappa shape index (κ3) is 9.36. The second-order valence-corrected chi connectivity index (χ2v) is 15.5. The van der Waals surface area contributed by atoms with E-state index in [-0.39, 0.29) is 35.6 Å². The lowest BCUT2D eigenvalue weighted by molar-refractivity contribution is -0.140. The molecule has 12 heteroatoms.